The van der Waals surface area contributed by atoms with Gasteiger partial charge in [0, 0.05) is 11.8 Å². The molecule has 0 aliphatic carbocycles. The molecule has 0 aromatic rings. The summed E-state index contributed by atoms with van der Waals surface area (Å²) in [6.45, 7) is 3.01. The van der Waals surface area contributed by atoms with E-state index in [1.54, 1.807) is 0 Å². The quantitative estimate of drug-likeness (QED) is 0.802. The maximum Gasteiger partial charge on any atom is 0.408 e. The van der Waals surface area contributed by atoms with Crippen molar-refractivity contribution >= 4 is 16.9 Å². The molecule has 1 rings (SSSR count). The number of hydrogen-bond acceptors (Lipinski definition) is 2. The Morgan fingerprint density at radius 2 is 2.20 bits per heavy atom. The van der Waals surface area contributed by atoms with E-state index in [0.717, 1.165) is 12.2 Å². The van der Waals surface area contributed by atoms with Crippen molar-refractivity contribution in [3.8, 4) is 0 Å². The van der Waals surface area contributed by atoms with E-state index >= 15 is 0 Å². The summed E-state index contributed by atoms with van der Waals surface area (Å²) < 4.78 is 35.8. The molecule has 1 N–H and O–H groups in total. The molecule has 0 spiro atoms. The van der Waals surface area contributed by atoms with Gasteiger partial charge in [0.2, 0.25) is 0 Å². The molecule has 0 aromatic heterocycles. The first-order chi connectivity index (χ1) is 6.88. The monoisotopic (exact) mass is 240 g/mol. The topological polar surface area (TPSA) is 24.4 Å². The van der Waals surface area contributed by atoms with Crippen LogP contribution in [0.5, 0.6) is 0 Å². The Morgan fingerprint density at radius 3 is 2.73 bits per heavy atom. The van der Waals surface area contributed by atoms with Gasteiger partial charge in [0.05, 0.1) is 0 Å². The Bertz CT molecular complexity index is 238. The van der Waals surface area contributed by atoms with Crippen LogP contribution in [-0.4, -0.2) is 29.7 Å². The normalized spacial score (nSPS) is 25.7. The van der Waals surface area contributed by atoms with Gasteiger partial charge in [0.1, 0.15) is 6.54 Å². The van der Waals surface area contributed by atoms with E-state index in [2.05, 4.69) is 24.2 Å². The minimum Gasteiger partial charge on any atom is -0.362 e. The largest absolute Gasteiger partial charge is 0.408 e. The molecule has 0 saturated carbocycles. The summed E-state index contributed by atoms with van der Waals surface area (Å²) in [6, 6.07) is 0.248. The van der Waals surface area contributed by atoms with E-state index < -0.39 is 12.7 Å². The fourth-order valence-electron chi connectivity index (χ4n) is 1.31. The van der Waals surface area contributed by atoms with Gasteiger partial charge >= 0.3 is 6.18 Å². The Hall–Kier alpha value is -0.390. The van der Waals surface area contributed by atoms with Crippen LogP contribution < -0.4 is 5.32 Å². The smallest absolute Gasteiger partial charge is 0.362 e. The molecule has 6 heteroatoms. The minimum atomic E-state index is -4.21. The van der Waals surface area contributed by atoms with Crippen molar-refractivity contribution in [3.63, 3.8) is 0 Å². The molecular weight excluding hydrogens is 225 g/mol. The lowest BCUT2D eigenvalue weighted by molar-refractivity contribution is -0.118. The number of halogens is 3. The highest BCUT2D eigenvalue weighted by atomic mass is 32.2. The number of thioether (sulfide) groups is 1. The van der Waals surface area contributed by atoms with Crippen molar-refractivity contribution in [3.05, 3.63) is 0 Å². The summed E-state index contributed by atoms with van der Waals surface area (Å²) in [5.41, 5.74) is 0. The van der Waals surface area contributed by atoms with Crippen molar-refractivity contribution in [1.29, 1.82) is 0 Å². The second-order valence-corrected chi connectivity index (χ2v) is 4.95. The maximum absolute atomic E-state index is 11.9. The lowest BCUT2D eigenvalue weighted by atomic mass is 10.0. The summed E-state index contributed by atoms with van der Waals surface area (Å²) in [4.78, 5) is 3.53. The van der Waals surface area contributed by atoms with Crippen LogP contribution in [0.3, 0.4) is 0 Å². The van der Waals surface area contributed by atoms with Crippen LogP contribution in [0.2, 0.25) is 0 Å². The van der Waals surface area contributed by atoms with Crippen LogP contribution in [0.25, 0.3) is 0 Å². The second-order valence-electron chi connectivity index (χ2n) is 3.87. The average molecular weight is 240 g/mol. The zero-order chi connectivity index (χ0) is 11.5. The van der Waals surface area contributed by atoms with Gasteiger partial charge in [-0.15, -0.1) is 0 Å². The Balaban J connectivity index is 2.49. The van der Waals surface area contributed by atoms with Gasteiger partial charge in [-0.1, -0.05) is 25.6 Å². The fourth-order valence-corrected chi connectivity index (χ4v) is 2.26. The number of rotatable bonds is 2. The molecule has 0 aromatic carbocycles. The molecular formula is C9H15F3N2S. The zero-order valence-electron chi connectivity index (χ0n) is 8.77. The minimum absolute atomic E-state index is 0.248. The number of nitrogens with one attached hydrogen (secondary N) is 1. The molecule has 1 aliphatic rings. The lowest BCUT2D eigenvalue weighted by Crippen LogP contribution is -2.41. The second kappa shape index (κ2) is 5.09. The molecule has 1 saturated heterocycles. The third-order valence-electron chi connectivity index (χ3n) is 2.18. The van der Waals surface area contributed by atoms with Crippen LogP contribution in [0.4, 0.5) is 13.2 Å². The molecule has 15 heavy (non-hydrogen) atoms. The molecule has 0 amide bonds. The van der Waals surface area contributed by atoms with E-state index in [1.807, 2.05) is 0 Å². The van der Waals surface area contributed by atoms with E-state index in [-0.39, 0.29) is 6.04 Å². The molecule has 2 nitrogen and oxygen atoms in total. The van der Waals surface area contributed by atoms with E-state index in [1.165, 1.54) is 11.8 Å². The third-order valence-corrected chi connectivity index (χ3v) is 3.14. The van der Waals surface area contributed by atoms with E-state index in [4.69, 9.17) is 0 Å². The van der Waals surface area contributed by atoms with Crippen molar-refractivity contribution in [1.82, 2.24) is 5.32 Å². The Morgan fingerprint density at radius 1 is 1.53 bits per heavy atom. The van der Waals surface area contributed by atoms with Crippen LogP contribution in [0.15, 0.2) is 4.99 Å². The zero-order valence-corrected chi connectivity index (χ0v) is 9.58. The molecule has 0 radical (unpaired) electrons. The van der Waals surface area contributed by atoms with Crippen LogP contribution in [0.1, 0.15) is 20.3 Å². The van der Waals surface area contributed by atoms with Gasteiger partial charge in [-0.25, -0.2) is 0 Å². The highest BCUT2D eigenvalue weighted by Gasteiger charge is 2.28. The van der Waals surface area contributed by atoms with Crippen molar-refractivity contribution in [2.45, 2.75) is 32.5 Å². The number of aliphatic imine (C=N–C) groups is 1. The molecule has 1 fully saturated rings. The first-order valence-electron chi connectivity index (χ1n) is 4.89. The van der Waals surface area contributed by atoms with Crippen LogP contribution in [0, 0.1) is 5.92 Å². The molecule has 1 unspecified atom stereocenters. The van der Waals surface area contributed by atoms with Gasteiger partial charge in [-0.2, -0.15) is 13.2 Å². The van der Waals surface area contributed by atoms with Gasteiger partial charge < -0.3 is 5.32 Å². The number of hydrogen-bond donors (Lipinski definition) is 1. The summed E-state index contributed by atoms with van der Waals surface area (Å²) in [6.07, 6.45) is -3.23. The number of alkyl halides is 3. The summed E-state index contributed by atoms with van der Waals surface area (Å²) >= 11 is 1.36. The van der Waals surface area contributed by atoms with E-state index in [0.29, 0.717) is 11.1 Å². The van der Waals surface area contributed by atoms with Gasteiger partial charge in [-0.3, -0.25) is 4.99 Å². The highest BCUT2D eigenvalue weighted by molar-refractivity contribution is 8.13. The number of nitrogens with zero attached hydrogens (tertiary/aromatic N) is 1. The lowest BCUT2D eigenvalue weighted by Gasteiger charge is -2.28. The standard InChI is InChI=1S/C9H15F3N2S/c1-6(2)7-3-4-15-8(14-7)13-5-9(10,11)12/h6-7H,3-5H2,1-2H3,(H,13,14). The predicted octanol–water partition coefficient (Wildman–Crippen LogP) is 2.66. The van der Waals surface area contributed by atoms with Crippen LogP contribution >= 0.6 is 11.8 Å². The Labute approximate surface area is 91.7 Å². The highest BCUT2D eigenvalue weighted by Crippen LogP contribution is 2.20. The summed E-state index contributed by atoms with van der Waals surface area (Å²) in [5.74, 6) is 1.26. The SMILES string of the molecule is CC(C)C1CCSC(=NCC(F)(F)F)N1. The molecule has 1 aliphatic heterocycles. The molecule has 1 atom stereocenters. The average Bonchev–Trinajstić information content (AvgIpc) is 2.14. The third kappa shape index (κ3) is 4.77. The van der Waals surface area contributed by atoms with Crippen molar-refractivity contribution in [2.24, 2.45) is 10.9 Å². The van der Waals surface area contributed by atoms with Crippen LogP contribution in [-0.2, 0) is 0 Å². The fraction of sp³-hybridized carbons (Fsp3) is 0.889. The van der Waals surface area contributed by atoms with Gasteiger partial charge in [0.25, 0.3) is 0 Å². The van der Waals surface area contributed by atoms with Crippen molar-refractivity contribution < 1.29 is 13.2 Å². The summed E-state index contributed by atoms with van der Waals surface area (Å²) in [5, 5.41) is 3.47. The van der Waals surface area contributed by atoms with E-state index in [9.17, 15) is 13.2 Å². The van der Waals surface area contributed by atoms with Gasteiger partial charge in [0.15, 0.2) is 5.17 Å². The first-order valence-corrected chi connectivity index (χ1v) is 5.87. The molecule has 88 valence electrons. The van der Waals surface area contributed by atoms with Crippen molar-refractivity contribution in [2.75, 3.05) is 12.3 Å². The van der Waals surface area contributed by atoms with Gasteiger partial charge in [-0.05, 0) is 12.3 Å². The Kier molecular flexibility index (Phi) is 4.31. The first kappa shape index (κ1) is 12.7. The maximum atomic E-state index is 11.9. The number of amidine groups is 1. The summed E-state index contributed by atoms with van der Waals surface area (Å²) in [7, 11) is 0. The molecule has 0 bridgehead atoms. The molecule has 1 heterocycles. The predicted molar refractivity (Wildman–Crippen MR) is 57.2 cm³/mol.